The molecule has 0 unspecified atom stereocenters. The van der Waals surface area contributed by atoms with Gasteiger partial charge in [-0.3, -0.25) is 9.69 Å². The maximum atomic E-state index is 12.4. The summed E-state index contributed by atoms with van der Waals surface area (Å²) >= 11 is 1.35. The number of nitrogens with one attached hydrogen (secondary N) is 1. The summed E-state index contributed by atoms with van der Waals surface area (Å²) in [6.45, 7) is 7.06. The Bertz CT molecular complexity index is 970. The highest BCUT2D eigenvalue weighted by molar-refractivity contribution is 7.13. The molecule has 2 heterocycles. The molecule has 30 heavy (non-hydrogen) atoms. The van der Waals surface area contributed by atoms with Crippen molar-refractivity contribution < 1.29 is 9.53 Å². The van der Waals surface area contributed by atoms with Crippen molar-refractivity contribution in [1.29, 1.82) is 0 Å². The summed E-state index contributed by atoms with van der Waals surface area (Å²) in [6.07, 6.45) is 0. The van der Waals surface area contributed by atoms with Crippen LogP contribution in [0.4, 0.5) is 11.4 Å². The SMILES string of the molecule is CCOc1ccccc1N1CCN(Cc2nnc(C(=O)Nc3ccccc3)s2)CC1. The van der Waals surface area contributed by atoms with Crippen LogP contribution in [0.1, 0.15) is 21.7 Å². The number of aromatic nitrogens is 2. The zero-order chi connectivity index (χ0) is 20.8. The number of rotatable bonds is 7. The zero-order valence-corrected chi connectivity index (χ0v) is 17.8. The molecule has 1 aliphatic rings. The number of anilines is 2. The molecule has 3 aromatic rings. The Kier molecular flexibility index (Phi) is 6.56. The normalized spacial score (nSPS) is 14.5. The first-order valence-electron chi connectivity index (χ1n) is 10.1. The Hall–Kier alpha value is -2.97. The number of ether oxygens (including phenoxy) is 1. The third kappa shape index (κ3) is 4.95. The molecule has 0 bridgehead atoms. The maximum absolute atomic E-state index is 12.4. The monoisotopic (exact) mass is 423 g/mol. The van der Waals surface area contributed by atoms with Gasteiger partial charge >= 0.3 is 0 Å². The van der Waals surface area contributed by atoms with Gasteiger partial charge in [0, 0.05) is 31.9 Å². The average molecular weight is 424 g/mol. The fraction of sp³-hybridized carbons (Fsp3) is 0.318. The second-order valence-corrected chi connectivity index (χ2v) is 8.05. The first-order valence-corrected chi connectivity index (χ1v) is 10.9. The van der Waals surface area contributed by atoms with E-state index >= 15 is 0 Å². The highest BCUT2D eigenvalue weighted by Crippen LogP contribution is 2.29. The molecule has 0 aliphatic carbocycles. The largest absolute Gasteiger partial charge is 0.492 e. The van der Waals surface area contributed by atoms with Gasteiger partial charge in [-0.2, -0.15) is 0 Å². The number of carbonyl (C=O) groups is 1. The van der Waals surface area contributed by atoms with E-state index in [9.17, 15) is 4.79 Å². The summed E-state index contributed by atoms with van der Waals surface area (Å²) in [5.74, 6) is 0.717. The number of nitrogens with zero attached hydrogens (tertiary/aromatic N) is 4. The standard InChI is InChI=1S/C22H25N5O2S/c1-2-29-19-11-7-6-10-18(19)27-14-12-26(13-15-27)16-20-24-25-22(30-20)21(28)23-17-8-4-3-5-9-17/h3-11H,2,12-16H2,1H3,(H,23,28). The van der Waals surface area contributed by atoms with Gasteiger partial charge in [0.05, 0.1) is 18.8 Å². The summed E-state index contributed by atoms with van der Waals surface area (Å²) in [5.41, 5.74) is 1.90. The summed E-state index contributed by atoms with van der Waals surface area (Å²) < 4.78 is 5.77. The van der Waals surface area contributed by atoms with Crippen LogP contribution in [0.3, 0.4) is 0 Å². The van der Waals surface area contributed by atoms with E-state index in [0.717, 1.165) is 48.3 Å². The van der Waals surface area contributed by atoms with Crippen LogP contribution in [0.25, 0.3) is 0 Å². The van der Waals surface area contributed by atoms with Crippen molar-refractivity contribution in [2.24, 2.45) is 0 Å². The van der Waals surface area contributed by atoms with Gasteiger partial charge in [-0.1, -0.05) is 41.7 Å². The second-order valence-electron chi connectivity index (χ2n) is 6.99. The minimum Gasteiger partial charge on any atom is -0.492 e. The Labute approximate surface area is 180 Å². The molecule has 0 saturated carbocycles. The van der Waals surface area contributed by atoms with Gasteiger partial charge in [-0.25, -0.2) is 0 Å². The van der Waals surface area contributed by atoms with E-state index in [1.54, 1.807) is 0 Å². The van der Waals surface area contributed by atoms with Crippen molar-refractivity contribution in [1.82, 2.24) is 15.1 Å². The summed E-state index contributed by atoms with van der Waals surface area (Å²) in [6, 6.07) is 17.6. The molecule has 0 atom stereocenters. The van der Waals surface area contributed by atoms with Crippen LogP contribution in [0.2, 0.25) is 0 Å². The molecule has 4 rings (SSSR count). The minimum absolute atomic E-state index is 0.220. The lowest BCUT2D eigenvalue weighted by molar-refractivity contribution is 0.102. The van der Waals surface area contributed by atoms with Crippen LogP contribution in [0.5, 0.6) is 5.75 Å². The minimum atomic E-state index is -0.220. The van der Waals surface area contributed by atoms with Gasteiger partial charge in [0.2, 0.25) is 5.01 Å². The first-order chi connectivity index (χ1) is 14.7. The van der Waals surface area contributed by atoms with E-state index < -0.39 is 0 Å². The summed E-state index contributed by atoms with van der Waals surface area (Å²) in [5, 5.41) is 12.4. The van der Waals surface area contributed by atoms with E-state index in [2.05, 4.69) is 31.4 Å². The zero-order valence-electron chi connectivity index (χ0n) is 17.0. The molecule has 7 nitrogen and oxygen atoms in total. The molecule has 156 valence electrons. The first kappa shape index (κ1) is 20.3. The Morgan fingerprint density at radius 3 is 2.53 bits per heavy atom. The molecule has 1 aromatic heterocycles. The lowest BCUT2D eigenvalue weighted by Gasteiger charge is -2.36. The van der Waals surface area contributed by atoms with Gasteiger partial charge < -0.3 is 15.0 Å². The molecule has 1 fully saturated rings. The third-order valence-corrected chi connectivity index (χ3v) is 5.84. The van der Waals surface area contributed by atoms with Gasteiger partial charge in [-0.05, 0) is 31.2 Å². The fourth-order valence-corrected chi connectivity index (χ4v) is 4.23. The number of carbonyl (C=O) groups excluding carboxylic acids is 1. The predicted molar refractivity (Wildman–Crippen MR) is 119 cm³/mol. The topological polar surface area (TPSA) is 70.6 Å². The number of para-hydroxylation sites is 3. The molecule has 1 saturated heterocycles. The quantitative estimate of drug-likeness (QED) is 0.627. The van der Waals surface area contributed by atoms with Crippen LogP contribution < -0.4 is 15.0 Å². The molecular weight excluding hydrogens is 398 g/mol. The van der Waals surface area contributed by atoms with Crippen LogP contribution >= 0.6 is 11.3 Å². The molecule has 2 aromatic carbocycles. The van der Waals surface area contributed by atoms with Crippen LogP contribution in [-0.2, 0) is 6.54 Å². The van der Waals surface area contributed by atoms with Crippen molar-refractivity contribution in [3.63, 3.8) is 0 Å². The Morgan fingerprint density at radius 1 is 1.03 bits per heavy atom. The van der Waals surface area contributed by atoms with E-state index in [-0.39, 0.29) is 5.91 Å². The number of hydrogen-bond acceptors (Lipinski definition) is 7. The van der Waals surface area contributed by atoms with Gasteiger partial charge in [-0.15, -0.1) is 10.2 Å². The van der Waals surface area contributed by atoms with E-state index in [0.29, 0.717) is 18.2 Å². The maximum Gasteiger partial charge on any atom is 0.286 e. The molecule has 0 radical (unpaired) electrons. The van der Waals surface area contributed by atoms with E-state index in [1.807, 2.05) is 55.5 Å². The lowest BCUT2D eigenvalue weighted by Crippen LogP contribution is -2.46. The van der Waals surface area contributed by atoms with Gasteiger partial charge in [0.25, 0.3) is 5.91 Å². The third-order valence-electron chi connectivity index (χ3n) is 4.93. The summed E-state index contributed by atoms with van der Waals surface area (Å²) in [7, 11) is 0. The van der Waals surface area contributed by atoms with E-state index in [4.69, 9.17) is 4.74 Å². The highest BCUT2D eigenvalue weighted by Gasteiger charge is 2.21. The fourth-order valence-electron chi connectivity index (χ4n) is 3.45. The Balaban J connectivity index is 1.31. The highest BCUT2D eigenvalue weighted by atomic mass is 32.1. The molecular formula is C22H25N5O2S. The van der Waals surface area contributed by atoms with Crippen LogP contribution in [0.15, 0.2) is 54.6 Å². The van der Waals surface area contributed by atoms with Gasteiger partial charge in [0.15, 0.2) is 0 Å². The van der Waals surface area contributed by atoms with Crippen LogP contribution in [-0.4, -0.2) is 53.8 Å². The van der Waals surface area contributed by atoms with E-state index in [1.165, 1.54) is 11.3 Å². The molecule has 1 N–H and O–H groups in total. The molecule has 1 amide bonds. The van der Waals surface area contributed by atoms with Crippen molar-refractivity contribution in [2.45, 2.75) is 13.5 Å². The number of amides is 1. The smallest absolute Gasteiger partial charge is 0.286 e. The lowest BCUT2D eigenvalue weighted by atomic mass is 10.2. The number of piperazine rings is 1. The van der Waals surface area contributed by atoms with Crippen molar-refractivity contribution >= 4 is 28.6 Å². The average Bonchev–Trinajstić information content (AvgIpc) is 3.24. The van der Waals surface area contributed by atoms with Crippen molar-refractivity contribution in [3.05, 3.63) is 64.6 Å². The number of hydrogen-bond donors (Lipinski definition) is 1. The Morgan fingerprint density at radius 2 is 1.77 bits per heavy atom. The molecule has 8 heteroatoms. The molecule has 0 spiro atoms. The summed E-state index contributed by atoms with van der Waals surface area (Å²) in [4.78, 5) is 17.1. The predicted octanol–water partition coefficient (Wildman–Crippen LogP) is 3.51. The second kappa shape index (κ2) is 9.69. The van der Waals surface area contributed by atoms with Gasteiger partial charge in [0.1, 0.15) is 10.8 Å². The van der Waals surface area contributed by atoms with Crippen molar-refractivity contribution in [3.8, 4) is 5.75 Å². The number of benzene rings is 2. The molecule has 1 aliphatic heterocycles. The van der Waals surface area contributed by atoms with Crippen molar-refractivity contribution in [2.75, 3.05) is 43.0 Å². The van der Waals surface area contributed by atoms with Crippen LogP contribution in [0, 0.1) is 0 Å².